The third-order valence-electron chi connectivity index (χ3n) is 2.62. The molecule has 1 aromatic rings. The number of hydrogen-bond donors (Lipinski definition) is 1. The van der Waals surface area contributed by atoms with E-state index in [1.54, 1.807) is 12.1 Å². The number of benzene rings is 1. The molecule has 1 aromatic carbocycles. The van der Waals surface area contributed by atoms with Crippen molar-refractivity contribution in [2.45, 2.75) is 0 Å². The predicted octanol–water partition coefficient (Wildman–Crippen LogP) is 1.61. The second-order valence-corrected chi connectivity index (χ2v) is 4.32. The van der Waals surface area contributed by atoms with Gasteiger partial charge in [-0.15, -0.1) is 0 Å². The molecule has 1 aliphatic heterocycles. The molecule has 1 heterocycles. The summed E-state index contributed by atoms with van der Waals surface area (Å²) in [6, 6.07) is 7.22. The summed E-state index contributed by atoms with van der Waals surface area (Å²) in [5, 5.41) is 3.36. The molecule has 5 heteroatoms. The van der Waals surface area contributed by atoms with Crippen molar-refractivity contribution in [3.05, 3.63) is 29.3 Å². The fourth-order valence-corrected chi connectivity index (χ4v) is 1.90. The van der Waals surface area contributed by atoms with Gasteiger partial charge in [-0.3, -0.25) is 9.69 Å². The molecule has 0 spiro atoms. The third-order valence-corrected chi connectivity index (χ3v) is 2.95. The van der Waals surface area contributed by atoms with Crippen LogP contribution in [0.4, 0.5) is 5.69 Å². The lowest BCUT2D eigenvalue weighted by Gasteiger charge is -2.25. The van der Waals surface area contributed by atoms with Gasteiger partial charge < -0.3 is 10.1 Å². The first-order valence-corrected chi connectivity index (χ1v) is 5.98. The van der Waals surface area contributed by atoms with Crippen LogP contribution in [0.1, 0.15) is 0 Å². The van der Waals surface area contributed by atoms with Gasteiger partial charge in [0.2, 0.25) is 5.91 Å². The smallest absolute Gasteiger partial charge is 0.238 e. The zero-order valence-corrected chi connectivity index (χ0v) is 10.2. The standard InChI is InChI=1S/C12H15ClN2O2/c13-10-3-1-2-4-11(10)14-12(16)9-15-5-7-17-8-6-15/h1-4H,5-9H2,(H,14,16). The minimum Gasteiger partial charge on any atom is -0.379 e. The van der Waals surface area contributed by atoms with Gasteiger partial charge in [0.1, 0.15) is 0 Å². The second kappa shape index (κ2) is 6.00. The molecule has 1 amide bonds. The highest BCUT2D eigenvalue weighted by molar-refractivity contribution is 6.33. The number of rotatable bonds is 3. The Morgan fingerprint density at radius 2 is 2.06 bits per heavy atom. The maximum Gasteiger partial charge on any atom is 0.238 e. The van der Waals surface area contributed by atoms with Crippen LogP contribution in [0.5, 0.6) is 0 Å². The van der Waals surface area contributed by atoms with E-state index in [9.17, 15) is 4.79 Å². The van der Waals surface area contributed by atoms with Crippen LogP contribution in [0.15, 0.2) is 24.3 Å². The average Bonchev–Trinajstić information content (AvgIpc) is 2.33. The number of carbonyl (C=O) groups is 1. The van der Waals surface area contributed by atoms with Crippen LogP contribution >= 0.6 is 11.6 Å². The van der Waals surface area contributed by atoms with Gasteiger partial charge in [-0.25, -0.2) is 0 Å². The van der Waals surface area contributed by atoms with Crippen molar-refractivity contribution in [2.24, 2.45) is 0 Å². The number of hydrogen-bond acceptors (Lipinski definition) is 3. The Bertz CT molecular complexity index is 392. The highest BCUT2D eigenvalue weighted by Crippen LogP contribution is 2.20. The van der Waals surface area contributed by atoms with E-state index in [1.807, 2.05) is 12.1 Å². The summed E-state index contributed by atoms with van der Waals surface area (Å²) < 4.78 is 5.22. The van der Waals surface area contributed by atoms with Gasteiger partial charge in [-0.1, -0.05) is 23.7 Å². The van der Waals surface area contributed by atoms with Gasteiger partial charge in [0.25, 0.3) is 0 Å². The second-order valence-electron chi connectivity index (χ2n) is 3.92. The zero-order valence-electron chi connectivity index (χ0n) is 9.49. The van der Waals surface area contributed by atoms with Gasteiger partial charge in [0.15, 0.2) is 0 Å². The largest absolute Gasteiger partial charge is 0.379 e. The summed E-state index contributed by atoms with van der Waals surface area (Å²) in [4.78, 5) is 13.8. The highest BCUT2D eigenvalue weighted by atomic mass is 35.5. The molecule has 0 bridgehead atoms. The molecule has 0 aromatic heterocycles. The van der Waals surface area contributed by atoms with E-state index < -0.39 is 0 Å². The Morgan fingerprint density at radius 1 is 1.35 bits per heavy atom. The van der Waals surface area contributed by atoms with Gasteiger partial charge in [0.05, 0.1) is 30.5 Å². The van der Waals surface area contributed by atoms with Crippen molar-refractivity contribution in [3.8, 4) is 0 Å². The van der Waals surface area contributed by atoms with E-state index in [1.165, 1.54) is 0 Å². The lowest BCUT2D eigenvalue weighted by atomic mass is 10.3. The average molecular weight is 255 g/mol. The molecular formula is C12H15ClN2O2. The molecule has 0 saturated carbocycles. The lowest BCUT2D eigenvalue weighted by Crippen LogP contribution is -2.41. The van der Waals surface area contributed by atoms with Gasteiger partial charge in [-0.05, 0) is 12.1 Å². The Morgan fingerprint density at radius 3 is 2.76 bits per heavy atom. The summed E-state index contributed by atoms with van der Waals surface area (Å²) in [6.07, 6.45) is 0. The van der Waals surface area contributed by atoms with Crippen molar-refractivity contribution in [2.75, 3.05) is 38.2 Å². The maximum atomic E-state index is 11.8. The first-order chi connectivity index (χ1) is 8.25. The van der Waals surface area contributed by atoms with Crippen LogP contribution in [0, 0.1) is 0 Å². The van der Waals surface area contributed by atoms with Crippen molar-refractivity contribution >= 4 is 23.2 Å². The van der Waals surface area contributed by atoms with Crippen molar-refractivity contribution in [1.29, 1.82) is 0 Å². The summed E-state index contributed by atoms with van der Waals surface area (Å²) in [6.45, 7) is 3.37. The number of nitrogens with one attached hydrogen (secondary N) is 1. The predicted molar refractivity (Wildman–Crippen MR) is 67.3 cm³/mol. The molecule has 1 N–H and O–H groups in total. The molecule has 2 rings (SSSR count). The molecule has 17 heavy (non-hydrogen) atoms. The van der Waals surface area contributed by atoms with Crippen LogP contribution in [0.2, 0.25) is 5.02 Å². The normalized spacial score (nSPS) is 16.8. The first kappa shape index (κ1) is 12.4. The van der Waals surface area contributed by atoms with E-state index in [-0.39, 0.29) is 5.91 Å². The van der Waals surface area contributed by atoms with Crippen LogP contribution < -0.4 is 5.32 Å². The lowest BCUT2D eigenvalue weighted by molar-refractivity contribution is -0.118. The zero-order chi connectivity index (χ0) is 12.1. The van der Waals surface area contributed by atoms with E-state index in [0.29, 0.717) is 30.5 Å². The molecule has 0 unspecified atom stereocenters. The fraction of sp³-hybridized carbons (Fsp3) is 0.417. The third kappa shape index (κ3) is 3.70. The van der Waals surface area contributed by atoms with Crippen LogP contribution in [0.3, 0.4) is 0 Å². The number of anilines is 1. The van der Waals surface area contributed by atoms with Crippen molar-refractivity contribution < 1.29 is 9.53 Å². The first-order valence-electron chi connectivity index (χ1n) is 5.60. The number of ether oxygens (including phenoxy) is 1. The molecule has 92 valence electrons. The monoisotopic (exact) mass is 254 g/mol. The van der Waals surface area contributed by atoms with Gasteiger partial charge in [-0.2, -0.15) is 0 Å². The maximum absolute atomic E-state index is 11.8. The molecule has 0 aliphatic carbocycles. The minimum atomic E-state index is -0.0417. The summed E-state index contributed by atoms with van der Waals surface area (Å²) >= 11 is 5.96. The van der Waals surface area contributed by atoms with E-state index >= 15 is 0 Å². The van der Waals surface area contributed by atoms with Gasteiger partial charge in [0, 0.05) is 13.1 Å². The van der Waals surface area contributed by atoms with Gasteiger partial charge >= 0.3 is 0 Å². The molecule has 0 atom stereocenters. The van der Waals surface area contributed by atoms with E-state index in [4.69, 9.17) is 16.3 Å². The molecule has 1 fully saturated rings. The molecular weight excluding hydrogens is 240 g/mol. The topological polar surface area (TPSA) is 41.6 Å². The fourth-order valence-electron chi connectivity index (χ4n) is 1.71. The van der Waals surface area contributed by atoms with Crippen LogP contribution in [0.25, 0.3) is 0 Å². The Balaban J connectivity index is 1.86. The number of para-hydroxylation sites is 1. The molecule has 1 saturated heterocycles. The van der Waals surface area contributed by atoms with Crippen molar-refractivity contribution in [3.63, 3.8) is 0 Å². The molecule has 0 radical (unpaired) electrons. The Labute approximate surface area is 106 Å². The minimum absolute atomic E-state index is 0.0417. The number of carbonyl (C=O) groups excluding carboxylic acids is 1. The van der Waals surface area contributed by atoms with Crippen LogP contribution in [-0.2, 0) is 9.53 Å². The van der Waals surface area contributed by atoms with Crippen molar-refractivity contribution in [1.82, 2.24) is 4.90 Å². The van der Waals surface area contributed by atoms with Crippen LogP contribution in [-0.4, -0.2) is 43.7 Å². The number of amides is 1. The van der Waals surface area contributed by atoms with E-state index in [2.05, 4.69) is 10.2 Å². The summed E-state index contributed by atoms with van der Waals surface area (Å²) in [5.74, 6) is -0.0417. The Hall–Kier alpha value is -1.10. The quantitative estimate of drug-likeness (QED) is 0.891. The number of nitrogens with zero attached hydrogens (tertiary/aromatic N) is 1. The highest BCUT2D eigenvalue weighted by Gasteiger charge is 2.14. The Kier molecular flexibility index (Phi) is 4.36. The molecule has 4 nitrogen and oxygen atoms in total. The number of morpholine rings is 1. The number of halogens is 1. The summed E-state index contributed by atoms with van der Waals surface area (Å²) in [7, 11) is 0. The van der Waals surface area contributed by atoms with E-state index in [0.717, 1.165) is 13.1 Å². The SMILES string of the molecule is O=C(CN1CCOCC1)Nc1ccccc1Cl. The molecule has 1 aliphatic rings. The summed E-state index contributed by atoms with van der Waals surface area (Å²) in [5.41, 5.74) is 0.660.